The fraction of sp³-hybridized carbons (Fsp3) is 0.158. The Morgan fingerprint density at radius 1 is 1.17 bits per heavy atom. The molecular weight excluding hydrogens is 288 g/mol. The topological polar surface area (TPSA) is 62.1 Å². The highest BCUT2D eigenvalue weighted by Crippen LogP contribution is 2.20. The highest BCUT2D eigenvalue weighted by atomic mass is 16.5. The third-order valence-electron chi connectivity index (χ3n) is 3.35. The lowest BCUT2D eigenvalue weighted by Crippen LogP contribution is -2.26. The van der Waals surface area contributed by atoms with Gasteiger partial charge >= 0.3 is 0 Å². The fourth-order valence-corrected chi connectivity index (χ4v) is 2.15. The van der Waals surface area contributed by atoms with Gasteiger partial charge in [-0.25, -0.2) is 0 Å². The van der Waals surface area contributed by atoms with E-state index in [0.717, 1.165) is 12.0 Å². The molecule has 0 aromatic heterocycles. The Bertz CT molecular complexity index is 731. The third-order valence-corrected chi connectivity index (χ3v) is 3.35. The second-order valence-electron chi connectivity index (χ2n) is 4.90. The van der Waals surface area contributed by atoms with Crippen molar-refractivity contribution in [3.8, 4) is 11.8 Å². The predicted octanol–water partition coefficient (Wildman–Crippen LogP) is 2.96. The number of methoxy groups -OCH3 is 1. The average Bonchev–Trinajstić information content (AvgIpc) is 2.60. The zero-order valence-corrected chi connectivity index (χ0v) is 13.0. The molecule has 1 N–H and O–H groups in total. The summed E-state index contributed by atoms with van der Waals surface area (Å²) in [6, 6.07) is 19.1. The first kappa shape index (κ1) is 16.3. The second-order valence-corrected chi connectivity index (χ2v) is 4.90. The zero-order valence-electron chi connectivity index (χ0n) is 13.0. The van der Waals surface area contributed by atoms with Gasteiger partial charge in [-0.2, -0.15) is 5.26 Å². The van der Waals surface area contributed by atoms with Crippen molar-refractivity contribution >= 4 is 12.0 Å². The molecule has 0 radical (unpaired) electrons. The normalized spacial score (nSPS) is 10.7. The lowest BCUT2D eigenvalue weighted by atomic mass is 10.1. The van der Waals surface area contributed by atoms with Crippen LogP contribution in [-0.4, -0.2) is 19.6 Å². The molecule has 0 aliphatic carbocycles. The summed E-state index contributed by atoms with van der Waals surface area (Å²) < 4.78 is 5.22. The van der Waals surface area contributed by atoms with E-state index in [1.807, 2.05) is 48.5 Å². The van der Waals surface area contributed by atoms with Gasteiger partial charge < -0.3 is 10.1 Å². The SMILES string of the molecule is COc1ccccc1/C=C(\C#N)C(=O)NCCc1ccccc1. The highest BCUT2D eigenvalue weighted by Gasteiger charge is 2.10. The van der Waals surface area contributed by atoms with Gasteiger partial charge in [0.25, 0.3) is 5.91 Å². The first-order valence-electron chi connectivity index (χ1n) is 7.31. The summed E-state index contributed by atoms with van der Waals surface area (Å²) in [5.74, 6) is 0.242. The summed E-state index contributed by atoms with van der Waals surface area (Å²) in [4.78, 5) is 12.1. The molecule has 0 heterocycles. The Kier molecular flexibility index (Phi) is 5.96. The van der Waals surface area contributed by atoms with Crippen molar-refractivity contribution in [1.29, 1.82) is 5.26 Å². The van der Waals surface area contributed by atoms with Crippen molar-refractivity contribution in [3.63, 3.8) is 0 Å². The van der Waals surface area contributed by atoms with Crippen LogP contribution in [0, 0.1) is 11.3 Å². The summed E-state index contributed by atoms with van der Waals surface area (Å²) in [7, 11) is 1.55. The van der Waals surface area contributed by atoms with E-state index in [4.69, 9.17) is 4.74 Å². The number of hydrogen-bond acceptors (Lipinski definition) is 3. The minimum absolute atomic E-state index is 0.0579. The van der Waals surface area contributed by atoms with Crippen LogP contribution in [-0.2, 0) is 11.2 Å². The molecule has 0 spiro atoms. The number of carbonyl (C=O) groups is 1. The van der Waals surface area contributed by atoms with Crippen LogP contribution >= 0.6 is 0 Å². The van der Waals surface area contributed by atoms with Crippen LogP contribution in [0.25, 0.3) is 6.08 Å². The number of benzene rings is 2. The first-order valence-corrected chi connectivity index (χ1v) is 7.31. The van der Waals surface area contributed by atoms with Crippen LogP contribution in [0.3, 0.4) is 0 Å². The maximum Gasteiger partial charge on any atom is 0.261 e. The van der Waals surface area contributed by atoms with Crippen molar-refractivity contribution in [2.24, 2.45) is 0 Å². The van der Waals surface area contributed by atoms with E-state index < -0.39 is 0 Å². The zero-order chi connectivity index (χ0) is 16.5. The van der Waals surface area contributed by atoms with Gasteiger partial charge in [-0.05, 0) is 24.1 Å². The average molecular weight is 306 g/mol. The van der Waals surface area contributed by atoms with Gasteiger partial charge in [-0.3, -0.25) is 4.79 Å². The van der Waals surface area contributed by atoms with Gasteiger partial charge in [0.15, 0.2) is 0 Å². The standard InChI is InChI=1S/C19H18N2O2/c1-23-18-10-6-5-9-16(18)13-17(14-20)19(22)21-12-11-15-7-3-2-4-8-15/h2-10,13H,11-12H2,1H3,(H,21,22)/b17-13+. The number of hydrogen-bond donors (Lipinski definition) is 1. The minimum atomic E-state index is -0.380. The second kappa shape index (κ2) is 8.40. The first-order chi connectivity index (χ1) is 11.2. The molecule has 0 unspecified atom stereocenters. The molecule has 1 amide bonds. The number of rotatable bonds is 6. The molecule has 0 saturated carbocycles. The maximum atomic E-state index is 12.1. The lowest BCUT2D eigenvalue weighted by Gasteiger charge is -2.06. The van der Waals surface area contributed by atoms with Gasteiger partial charge in [0, 0.05) is 12.1 Å². The smallest absolute Gasteiger partial charge is 0.261 e. The van der Waals surface area contributed by atoms with E-state index in [-0.39, 0.29) is 11.5 Å². The van der Waals surface area contributed by atoms with E-state index in [9.17, 15) is 10.1 Å². The van der Waals surface area contributed by atoms with Crippen LogP contribution in [0.2, 0.25) is 0 Å². The molecule has 0 aliphatic rings. The molecule has 4 nitrogen and oxygen atoms in total. The van der Waals surface area contributed by atoms with Crippen molar-refractivity contribution < 1.29 is 9.53 Å². The Morgan fingerprint density at radius 2 is 1.87 bits per heavy atom. The molecule has 2 rings (SSSR count). The van der Waals surface area contributed by atoms with Crippen molar-refractivity contribution in [3.05, 3.63) is 71.3 Å². The van der Waals surface area contributed by atoms with Gasteiger partial charge in [0.2, 0.25) is 0 Å². The summed E-state index contributed by atoms with van der Waals surface area (Å²) in [5.41, 5.74) is 1.90. The fourth-order valence-electron chi connectivity index (χ4n) is 2.15. The monoisotopic (exact) mass is 306 g/mol. The molecule has 0 aliphatic heterocycles. The van der Waals surface area contributed by atoms with E-state index in [1.165, 1.54) is 6.08 Å². The van der Waals surface area contributed by atoms with Crippen LogP contribution in [0.4, 0.5) is 0 Å². The molecule has 116 valence electrons. The highest BCUT2D eigenvalue weighted by molar-refractivity contribution is 6.01. The molecule has 2 aromatic carbocycles. The predicted molar refractivity (Wildman–Crippen MR) is 89.7 cm³/mol. The molecule has 0 atom stereocenters. The molecule has 0 saturated heterocycles. The number of amides is 1. The Labute approximate surface area is 136 Å². The van der Waals surface area contributed by atoms with Crippen LogP contribution in [0.5, 0.6) is 5.75 Å². The lowest BCUT2D eigenvalue weighted by molar-refractivity contribution is -0.117. The van der Waals surface area contributed by atoms with Crippen molar-refractivity contribution in [2.75, 3.05) is 13.7 Å². The molecule has 4 heteroatoms. The number of para-hydroxylation sites is 1. The molecule has 2 aromatic rings. The number of carbonyl (C=O) groups excluding carboxylic acids is 1. The van der Waals surface area contributed by atoms with E-state index in [1.54, 1.807) is 19.2 Å². The maximum absolute atomic E-state index is 12.1. The van der Waals surface area contributed by atoms with Crippen LogP contribution < -0.4 is 10.1 Å². The summed E-state index contributed by atoms with van der Waals surface area (Å²) >= 11 is 0. The quantitative estimate of drug-likeness (QED) is 0.659. The van der Waals surface area contributed by atoms with Crippen molar-refractivity contribution in [1.82, 2.24) is 5.32 Å². The Balaban J connectivity index is 2.01. The van der Waals surface area contributed by atoms with E-state index in [2.05, 4.69) is 5.32 Å². The summed E-state index contributed by atoms with van der Waals surface area (Å²) in [5, 5.41) is 12.0. The number of nitrogens with one attached hydrogen (secondary N) is 1. The van der Waals surface area contributed by atoms with Crippen LogP contribution in [0.1, 0.15) is 11.1 Å². The van der Waals surface area contributed by atoms with E-state index in [0.29, 0.717) is 17.9 Å². The van der Waals surface area contributed by atoms with Gasteiger partial charge in [-0.1, -0.05) is 48.5 Å². The van der Waals surface area contributed by atoms with Crippen LogP contribution in [0.15, 0.2) is 60.2 Å². The molecule has 23 heavy (non-hydrogen) atoms. The van der Waals surface area contributed by atoms with E-state index >= 15 is 0 Å². The molecule has 0 fully saturated rings. The number of ether oxygens (including phenoxy) is 1. The largest absolute Gasteiger partial charge is 0.496 e. The summed E-state index contributed by atoms with van der Waals surface area (Å²) in [6.45, 7) is 0.480. The third kappa shape index (κ3) is 4.72. The van der Waals surface area contributed by atoms with Gasteiger partial charge in [-0.15, -0.1) is 0 Å². The van der Waals surface area contributed by atoms with Crippen molar-refractivity contribution in [2.45, 2.75) is 6.42 Å². The molecule has 0 bridgehead atoms. The number of nitriles is 1. The van der Waals surface area contributed by atoms with Gasteiger partial charge in [0.1, 0.15) is 17.4 Å². The minimum Gasteiger partial charge on any atom is -0.496 e. The summed E-state index contributed by atoms with van der Waals surface area (Å²) in [6.07, 6.45) is 2.26. The number of nitrogens with zero attached hydrogens (tertiary/aromatic N) is 1. The molecular formula is C19H18N2O2. The Hall–Kier alpha value is -3.06. The van der Waals surface area contributed by atoms with Gasteiger partial charge in [0.05, 0.1) is 7.11 Å². The Morgan fingerprint density at radius 3 is 2.57 bits per heavy atom.